The van der Waals surface area contributed by atoms with Crippen molar-refractivity contribution in [3.05, 3.63) is 71.6 Å². The van der Waals surface area contributed by atoms with E-state index in [0.29, 0.717) is 18.3 Å². The summed E-state index contributed by atoms with van der Waals surface area (Å²) in [5.74, 6) is 0.860. The quantitative estimate of drug-likeness (QED) is 0.580. The fourth-order valence-corrected chi connectivity index (χ4v) is 3.00. The lowest BCUT2D eigenvalue weighted by Crippen LogP contribution is -2.35. The highest BCUT2D eigenvalue weighted by Crippen LogP contribution is 2.26. The van der Waals surface area contributed by atoms with Gasteiger partial charge in [0.2, 0.25) is 17.6 Å². The molecule has 1 amide bonds. The lowest BCUT2D eigenvalue weighted by atomic mass is 9.99. The van der Waals surface area contributed by atoms with Gasteiger partial charge in [-0.3, -0.25) is 4.79 Å². The Hall–Kier alpha value is -2.99. The van der Waals surface area contributed by atoms with Crippen molar-refractivity contribution in [2.45, 2.75) is 39.8 Å². The average Bonchev–Trinajstić information content (AvgIpc) is 3.22. The second-order valence-electron chi connectivity index (χ2n) is 7.23. The van der Waals surface area contributed by atoms with E-state index in [2.05, 4.69) is 22.4 Å². The summed E-state index contributed by atoms with van der Waals surface area (Å²) in [5.41, 5.74) is 3.04. The van der Waals surface area contributed by atoms with Crippen molar-refractivity contribution in [3.8, 4) is 11.4 Å². The molecule has 6 nitrogen and oxygen atoms in total. The maximum absolute atomic E-state index is 12.4. The fourth-order valence-electron chi connectivity index (χ4n) is 3.00. The first-order valence-corrected chi connectivity index (χ1v) is 9.88. The Morgan fingerprint density at radius 1 is 1.17 bits per heavy atom. The van der Waals surface area contributed by atoms with E-state index in [9.17, 15) is 4.79 Å². The van der Waals surface area contributed by atoms with Crippen LogP contribution in [0.25, 0.3) is 11.4 Å². The molecule has 3 rings (SSSR count). The van der Waals surface area contributed by atoms with E-state index < -0.39 is 0 Å². The molecule has 0 fully saturated rings. The van der Waals surface area contributed by atoms with Crippen LogP contribution >= 0.6 is 0 Å². The minimum Gasteiger partial charge on any atom is -0.367 e. The molecule has 0 radical (unpaired) electrons. The van der Waals surface area contributed by atoms with Gasteiger partial charge in [0.15, 0.2) is 0 Å². The highest BCUT2D eigenvalue weighted by atomic mass is 16.5. The van der Waals surface area contributed by atoms with Crippen LogP contribution in [-0.2, 0) is 16.1 Å². The van der Waals surface area contributed by atoms with Gasteiger partial charge in [-0.1, -0.05) is 79.5 Å². The van der Waals surface area contributed by atoms with Gasteiger partial charge in [0.25, 0.3) is 0 Å². The highest BCUT2D eigenvalue weighted by Gasteiger charge is 2.26. The zero-order valence-electron chi connectivity index (χ0n) is 17.1. The van der Waals surface area contributed by atoms with Gasteiger partial charge in [0.1, 0.15) is 12.6 Å². The van der Waals surface area contributed by atoms with Gasteiger partial charge >= 0.3 is 0 Å². The van der Waals surface area contributed by atoms with E-state index >= 15 is 0 Å². The molecule has 0 saturated carbocycles. The molecule has 0 aliphatic rings. The monoisotopic (exact) mass is 393 g/mol. The van der Waals surface area contributed by atoms with Crippen LogP contribution in [0.15, 0.2) is 59.1 Å². The molecule has 1 N–H and O–H groups in total. The molecule has 29 heavy (non-hydrogen) atoms. The van der Waals surface area contributed by atoms with Crippen molar-refractivity contribution in [2.75, 3.05) is 6.61 Å². The predicted octanol–water partition coefficient (Wildman–Crippen LogP) is 4.47. The normalized spacial score (nSPS) is 13.1. The van der Waals surface area contributed by atoms with E-state index in [4.69, 9.17) is 9.26 Å². The first-order chi connectivity index (χ1) is 14.1. The minimum absolute atomic E-state index is 0.0271. The molecular weight excluding hydrogens is 366 g/mol. The summed E-state index contributed by atoms with van der Waals surface area (Å²) in [6.45, 7) is 6.49. The smallest absolute Gasteiger partial charge is 0.249 e. The number of carbonyl (C=O) groups is 1. The maximum Gasteiger partial charge on any atom is 0.249 e. The van der Waals surface area contributed by atoms with Crippen LogP contribution in [0.4, 0.5) is 0 Å². The molecule has 2 aromatic carbocycles. The minimum atomic E-state index is -0.362. The van der Waals surface area contributed by atoms with Crippen molar-refractivity contribution >= 4 is 5.91 Å². The van der Waals surface area contributed by atoms with E-state index in [1.807, 2.05) is 68.4 Å². The number of carbonyl (C=O) groups excluding carboxylic acids is 1. The van der Waals surface area contributed by atoms with Gasteiger partial charge in [-0.2, -0.15) is 4.98 Å². The predicted molar refractivity (Wildman–Crippen MR) is 111 cm³/mol. The number of amides is 1. The summed E-state index contributed by atoms with van der Waals surface area (Å²) in [7, 11) is 0. The molecule has 152 valence electrons. The molecule has 0 aliphatic carbocycles. The number of ether oxygens (including phenoxy) is 1. The van der Waals surface area contributed by atoms with Crippen molar-refractivity contribution in [1.29, 1.82) is 0 Å². The van der Waals surface area contributed by atoms with Gasteiger partial charge in [-0.15, -0.1) is 0 Å². The standard InChI is InChI=1S/C23H27N3O3/c1-4-17(3)21(24-20(27)15-28-14-18-10-6-5-7-11-18)23-25-22(26-29-23)19-12-8-9-16(2)13-19/h5-13,17,21H,4,14-15H2,1-3H3,(H,24,27)/t17-,21+/m0/s1. The van der Waals surface area contributed by atoms with Crippen LogP contribution in [0.1, 0.15) is 43.3 Å². The zero-order chi connectivity index (χ0) is 20.6. The van der Waals surface area contributed by atoms with Crippen LogP contribution in [0.2, 0.25) is 0 Å². The van der Waals surface area contributed by atoms with Crippen LogP contribution in [0.3, 0.4) is 0 Å². The maximum atomic E-state index is 12.4. The van der Waals surface area contributed by atoms with Crippen molar-refractivity contribution in [3.63, 3.8) is 0 Å². The topological polar surface area (TPSA) is 77.2 Å². The highest BCUT2D eigenvalue weighted by molar-refractivity contribution is 5.77. The summed E-state index contributed by atoms with van der Waals surface area (Å²) >= 11 is 0. The van der Waals surface area contributed by atoms with Gasteiger partial charge in [-0.05, 0) is 24.5 Å². The number of hydrogen-bond acceptors (Lipinski definition) is 5. The summed E-state index contributed by atoms with van der Waals surface area (Å²) < 4.78 is 11.0. The van der Waals surface area contributed by atoms with Crippen molar-refractivity contribution in [1.82, 2.24) is 15.5 Å². The Bertz CT molecular complexity index is 924. The number of nitrogens with one attached hydrogen (secondary N) is 1. The summed E-state index contributed by atoms with van der Waals surface area (Å²) in [6, 6.07) is 17.3. The first-order valence-electron chi connectivity index (χ1n) is 9.88. The molecule has 0 saturated heterocycles. The van der Waals surface area contributed by atoms with Crippen molar-refractivity contribution < 1.29 is 14.1 Å². The molecule has 1 heterocycles. The Balaban J connectivity index is 1.64. The SMILES string of the molecule is CC[C@H](C)[C@@H](NC(=O)COCc1ccccc1)c1nc(-c2cccc(C)c2)no1. The van der Waals surface area contributed by atoms with Crippen molar-refractivity contribution in [2.24, 2.45) is 5.92 Å². The van der Waals surface area contributed by atoms with E-state index in [1.165, 1.54) is 0 Å². The second kappa shape index (κ2) is 9.98. The summed E-state index contributed by atoms with van der Waals surface area (Å²) in [6.07, 6.45) is 0.859. The Kier molecular flexibility index (Phi) is 7.14. The van der Waals surface area contributed by atoms with E-state index in [-0.39, 0.29) is 24.5 Å². The molecule has 0 bridgehead atoms. The third-order valence-electron chi connectivity index (χ3n) is 4.86. The largest absolute Gasteiger partial charge is 0.367 e. The molecule has 3 aromatic rings. The van der Waals surface area contributed by atoms with Crippen LogP contribution in [-0.4, -0.2) is 22.7 Å². The Morgan fingerprint density at radius 2 is 1.97 bits per heavy atom. The molecule has 2 atom stereocenters. The van der Waals surface area contributed by atoms with Crippen LogP contribution in [0.5, 0.6) is 0 Å². The lowest BCUT2D eigenvalue weighted by molar-refractivity contribution is -0.127. The number of rotatable bonds is 9. The Morgan fingerprint density at radius 3 is 2.69 bits per heavy atom. The number of aromatic nitrogens is 2. The number of benzene rings is 2. The zero-order valence-corrected chi connectivity index (χ0v) is 17.1. The van der Waals surface area contributed by atoms with E-state index in [1.54, 1.807) is 0 Å². The second-order valence-corrected chi connectivity index (χ2v) is 7.23. The lowest BCUT2D eigenvalue weighted by Gasteiger charge is -2.20. The van der Waals surface area contributed by atoms with Gasteiger partial charge in [0, 0.05) is 5.56 Å². The molecule has 0 aliphatic heterocycles. The van der Waals surface area contributed by atoms with Crippen LogP contribution in [0, 0.1) is 12.8 Å². The first kappa shape index (κ1) is 20.7. The molecule has 1 aromatic heterocycles. The summed E-state index contributed by atoms with van der Waals surface area (Å²) in [4.78, 5) is 17.0. The molecule has 0 spiro atoms. The molecule has 0 unspecified atom stereocenters. The van der Waals surface area contributed by atoms with Gasteiger partial charge in [-0.25, -0.2) is 0 Å². The van der Waals surface area contributed by atoms with E-state index in [0.717, 1.165) is 23.1 Å². The number of aryl methyl sites for hydroxylation is 1. The molecule has 6 heteroatoms. The molecular formula is C23H27N3O3. The fraction of sp³-hybridized carbons (Fsp3) is 0.348. The van der Waals surface area contributed by atoms with Gasteiger partial charge < -0.3 is 14.6 Å². The number of hydrogen-bond donors (Lipinski definition) is 1. The van der Waals surface area contributed by atoms with Crippen LogP contribution < -0.4 is 5.32 Å². The third-order valence-corrected chi connectivity index (χ3v) is 4.86. The van der Waals surface area contributed by atoms with Gasteiger partial charge in [0.05, 0.1) is 6.61 Å². The third kappa shape index (κ3) is 5.74. The number of nitrogens with zero attached hydrogens (tertiary/aromatic N) is 2. The summed E-state index contributed by atoms with van der Waals surface area (Å²) in [5, 5.41) is 7.09. The Labute approximate surface area is 171 Å². The average molecular weight is 393 g/mol.